The second kappa shape index (κ2) is 3.26. The molecule has 0 amide bonds. The Hall–Kier alpha value is -1.84. The molecule has 0 unspecified atom stereocenters. The van der Waals surface area contributed by atoms with Crippen molar-refractivity contribution in [1.82, 2.24) is 5.16 Å². The Balaban J connectivity index is 2.45. The molecule has 66 valence electrons. The first-order valence-electron chi connectivity index (χ1n) is 3.91. The van der Waals surface area contributed by atoms with E-state index >= 15 is 0 Å². The Morgan fingerprint density at radius 3 is 3.15 bits per heavy atom. The van der Waals surface area contributed by atoms with Gasteiger partial charge in [-0.25, -0.2) is 0 Å². The van der Waals surface area contributed by atoms with Gasteiger partial charge in [0.15, 0.2) is 5.58 Å². The summed E-state index contributed by atoms with van der Waals surface area (Å²) in [4.78, 5) is 0. The third kappa shape index (κ3) is 1.38. The number of nitrogens with zero attached hydrogens (tertiary/aromatic N) is 2. The Labute approximate surface area is 74.5 Å². The van der Waals surface area contributed by atoms with Crippen LogP contribution in [-0.2, 0) is 6.42 Å². The molecule has 0 aliphatic heterocycles. The minimum absolute atomic E-state index is 0.480. The van der Waals surface area contributed by atoms with Crippen LogP contribution >= 0.6 is 0 Å². The number of hydrogen-bond donors (Lipinski definition) is 1. The van der Waals surface area contributed by atoms with Gasteiger partial charge in [0.2, 0.25) is 0 Å². The van der Waals surface area contributed by atoms with E-state index in [-0.39, 0.29) is 0 Å². The van der Waals surface area contributed by atoms with Crippen LogP contribution in [0.3, 0.4) is 0 Å². The van der Waals surface area contributed by atoms with Gasteiger partial charge in [-0.1, -0.05) is 17.3 Å². The molecular weight excluding hydrogens is 168 g/mol. The van der Waals surface area contributed by atoms with Gasteiger partial charge in [0, 0.05) is 18.0 Å². The molecule has 0 spiro atoms. The van der Waals surface area contributed by atoms with Crippen LogP contribution < -0.4 is 0 Å². The Kier molecular flexibility index (Phi) is 1.96. The third-order valence-corrected chi connectivity index (χ3v) is 1.82. The Morgan fingerprint density at radius 2 is 2.31 bits per heavy atom. The number of fused-ring (bicyclic) bond motifs is 1. The highest BCUT2D eigenvalue weighted by molar-refractivity contribution is 5.81. The molecule has 4 nitrogen and oxygen atoms in total. The van der Waals surface area contributed by atoms with Crippen LogP contribution in [0.4, 0.5) is 0 Å². The number of hydrogen-bond acceptors (Lipinski definition) is 4. The maximum atomic E-state index is 8.25. The van der Waals surface area contributed by atoms with Gasteiger partial charge < -0.3 is 9.73 Å². The molecule has 13 heavy (non-hydrogen) atoms. The van der Waals surface area contributed by atoms with E-state index in [1.807, 2.05) is 24.3 Å². The molecule has 4 heteroatoms. The van der Waals surface area contributed by atoms with Gasteiger partial charge in [-0.3, -0.25) is 0 Å². The molecule has 0 aliphatic carbocycles. The average Bonchev–Trinajstić information content (AvgIpc) is 2.58. The molecule has 1 aromatic heterocycles. The zero-order chi connectivity index (χ0) is 9.10. The summed E-state index contributed by atoms with van der Waals surface area (Å²) in [5.74, 6) is 0. The largest absolute Gasteiger partial charge is 0.411 e. The number of aromatic nitrogens is 1. The topological polar surface area (TPSA) is 58.6 Å². The number of oxime groups is 1. The first kappa shape index (κ1) is 7.79. The molecule has 1 N–H and O–H groups in total. The number of benzene rings is 1. The van der Waals surface area contributed by atoms with Crippen LogP contribution in [0.25, 0.3) is 11.0 Å². The molecule has 0 radical (unpaired) electrons. The lowest BCUT2D eigenvalue weighted by Crippen LogP contribution is -1.85. The number of para-hydroxylation sites is 1. The molecule has 0 fully saturated rings. The van der Waals surface area contributed by atoms with Gasteiger partial charge in [-0.2, -0.15) is 0 Å². The van der Waals surface area contributed by atoms with E-state index in [0.717, 1.165) is 16.7 Å². The van der Waals surface area contributed by atoms with Crippen LogP contribution in [-0.4, -0.2) is 16.6 Å². The van der Waals surface area contributed by atoms with E-state index < -0.39 is 0 Å². The standard InChI is InChI=1S/C9H8N2O2/c12-10-6-5-8-7-3-1-2-4-9(7)13-11-8/h1-4,6,12H,5H2/b10-6+. The van der Waals surface area contributed by atoms with Gasteiger partial charge in [0.1, 0.15) is 0 Å². The molecule has 0 aliphatic rings. The molecule has 1 heterocycles. The molecule has 1 aromatic carbocycles. The van der Waals surface area contributed by atoms with Crippen LogP contribution in [0.1, 0.15) is 5.69 Å². The van der Waals surface area contributed by atoms with Crippen LogP contribution in [0, 0.1) is 0 Å². The number of rotatable bonds is 2. The monoisotopic (exact) mass is 176 g/mol. The summed E-state index contributed by atoms with van der Waals surface area (Å²) in [6.07, 6.45) is 1.86. The summed E-state index contributed by atoms with van der Waals surface area (Å²) in [6.45, 7) is 0. The SMILES string of the molecule is O/N=C/Cc1noc2ccccc12. The first-order valence-corrected chi connectivity index (χ1v) is 3.91. The van der Waals surface area contributed by atoms with Crippen molar-refractivity contribution < 1.29 is 9.73 Å². The quantitative estimate of drug-likeness (QED) is 0.431. The van der Waals surface area contributed by atoms with Crippen LogP contribution in [0.15, 0.2) is 33.9 Å². The van der Waals surface area contributed by atoms with E-state index in [9.17, 15) is 0 Å². The second-order valence-electron chi connectivity index (χ2n) is 2.63. The maximum absolute atomic E-state index is 8.25. The van der Waals surface area contributed by atoms with E-state index in [4.69, 9.17) is 9.73 Å². The highest BCUT2D eigenvalue weighted by Crippen LogP contribution is 2.17. The van der Waals surface area contributed by atoms with Crippen molar-refractivity contribution in [2.24, 2.45) is 5.16 Å². The first-order chi connectivity index (χ1) is 6.42. The third-order valence-electron chi connectivity index (χ3n) is 1.82. The van der Waals surface area contributed by atoms with Gasteiger partial charge in [0.05, 0.1) is 5.69 Å². The van der Waals surface area contributed by atoms with Gasteiger partial charge in [-0.05, 0) is 12.1 Å². The highest BCUT2D eigenvalue weighted by Gasteiger charge is 2.04. The van der Waals surface area contributed by atoms with Crippen molar-refractivity contribution in [2.75, 3.05) is 0 Å². The van der Waals surface area contributed by atoms with Gasteiger partial charge in [0.25, 0.3) is 0 Å². The summed E-state index contributed by atoms with van der Waals surface area (Å²) >= 11 is 0. The zero-order valence-electron chi connectivity index (χ0n) is 6.84. The molecular formula is C9H8N2O2. The predicted molar refractivity (Wildman–Crippen MR) is 48.0 cm³/mol. The van der Waals surface area contributed by atoms with Crippen molar-refractivity contribution in [3.63, 3.8) is 0 Å². The molecule has 0 saturated heterocycles. The van der Waals surface area contributed by atoms with E-state index in [0.29, 0.717) is 6.42 Å². The predicted octanol–water partition coefficient (Wildman–Crippen LogP) is 1.83. The maximum Gasteiger partial charge on any atom is 0.167 e. The summed E-state index contributed by atoms with van der Waals surface area (Å²) < 4.78 is 5.05. The summed E-state index contributed by atoms with van der Waals surface area (Å²) in [5, 5.41) is 16.0. The average molecular weight is 176 g/mol. The lowest BCUT2D eigenvalue weighted by molar-refractivity contribution is 0.320. The minimum Gasteiger partial charge on any atom is -0.411 e. The van der Waals surface area contributed by atoms with Gasteiger partial charge >= 0.3 is 0 Å². The second-order valence-corrected chi connectivity index (χ2v) is 2.63. The lowest BCUT2D eigenvalue weighted by Gasteiger charge is -1.86. The molecule has 0 atom stereocenters. The fraction of sp³-hybridized carbons (Fsp3) is 0.111. The summed E-state index contributed by atoms with van der Waals surface area (Å²) in [7, 11) is 0. The zero-order valence-corrected chi connectivity index (χ0v) is 6.84. The Morgan fingerprint density at radius 1 is 1.46 bits per heavy atom. The molecule has 0 bridgehead atoms. The summed E-state index contributed by atoms with van der Waals surface area (Å²) in [6, 6.07) is 7.57. The molecule has 0 saturated carbocycles. The summed E-state index contributed by atoms with van der Waals surface area (Å²) in [5.41, 5.74) is 1.54. The fourth-order valence-corrected chi connectivity index (χ4v) is 1.21. The van der Waals surface area contributed by atoms with E-state index in [1.54, 1.807) is 0 Å². The van der Waals surface area contributed by atoms with E-state index in [1.165, 1.54) is 6.21 Å². The van der Waals surface area contributed by atoms with Crippen LogP contribution in [0.5, 0.6) is 0 Å². The van der Waals surface area contributed by atoms with Crippen molar-refractivity contribution in [3.8, 4) is 0 Å². The van der Waals surface area contributed by atoms with E-state index in [2.05, 4.69) is 10.3 Å². The van der Waals surface area contributed by atoms with Gasteiger partial charge in [-0.15, -0.1) is 5.16 Å². The van der Waals surface area contributed by atoms with Crippen molar-refractivity contribution in [3.05, 3.63) is 30.0 Å². The normalized spacial score (nSPS) is 11.4. The van der Waals surface area contributed by atoms with Crippen molar-refractivity contribution in [1.29, 1.82) is 0 Å². The lowest BCUT2D eigenvalue weighted by atomic mass is 10.2. The minimum atomic E-state index is 0.480. The highest BCUT2D eigenvalue weighted by atomic mass is 16.5. The van der Waals surface area contributed by atoms with Crippen molar-refractivity contribution >= 4 is 17.2 Å². The van der Waals surface area contributed by atoms with Crippen molar-refractivity contribution in [2.45, 2.75) is 6.42 Å². The Bertz CT molecular complexity index is 434. The molecule has 2 rings (SSSR count). The van der Waals surface area contributed by atoms with Crippen LogP contribution in [0.2, 0.25) is 0 Å². The molecule has 2 aromatic rings. The fourth-order valence-electron chi connectivity index (χ4n) is 1.21. The smallest absolute Gasteiger partial charge is 0.167 e.